The Kier molecular flexibility index (Phi) is 2.08. The third-order valence-corrected chi connectivity index (χ3v) is 2.26. The highest BCUT2D eigenvalue weighted by molar-refractivity contribution is 4.98. The van der Waals surface area contributed by atoms with Gasteiger partial charge in [-0.3, -0.25) is 5.10 Å². The Morgan fingerprint density at radius 1 is 1.58 bits per heavy atom. The molecule has 0 radical (unpaired) electrons. The van der Waals surface area contributed by atoms with Crippen LogP contribution in [0.1, 0.15) is 37.5 Å². The van der Waals surface area contributed by atoms with Crippen molar-refractivity contribution in [2.45, 2.75) is 32.2 Å². The number of aromatic nitrogens is 3. The maximum atomic E-state index is 4.38. The van der Waals surface area contributed by atoms with Crippen LogP contribution in [0.5, 0.6) is 0 Å². The van der Waals surface area contributed by atoms with Gasteiger partial charge in [-0.25, -0.2) is 4.98 Å². The largest absolute Gasteiger partial charge is 0.307 e. The molecule has 1 aromatic heterocycles. The van der Waals surface area contributed by atoms with Crippen molar-refractivity contribution in [1.82, 2.24) is 20.5 Å². The maximum absolute atomic E-state index is 4.38. The molecular formula is C8H14N4. The Hall–Kier alpha value is -0.900. The topological polar surface area (TPSA) is 53.6 Å². The van der Waals surface area contributed by atoms with E-state index >= 15 is 0 Å². The summed E-state index contributed by atoms with van der Waals surface area (Å²) in [5, 5.41) is 10.5. The summed E-state index contributed by atoms with van der Waals surface area (Å²) < 4.78 is 0. The van der Waals surface area contributed by atoms with E-state index in [-0.39, 0.29) is 0 Å². The predicted molar refractivity (Wildman–Crippen MR) is 45.7 cm³/mol. The van der Waals surface area contributed by atoms with Gasteiger partial charge in [0.2, 0.25) is 0 Å². The minimum atomic E-state index is 0.390. The van der Waals surface area contributed by atoms with E-state index in [1.165, 1.54) is 12.8 Å². The average Bonchev–Trinajstić information content (AvgIpc) is 2.75. The molecule has 0 aliphatic carbocycles. The zero-order valence-electron chi connectivity index (χ0n) is 7.30. The number of hydrogen-bond acceptors (Lipinski definition) is 3. The molecule has 0 spiro atoms. The van der Waals surface area contributed by atoms with E-state index in [0.717, 1.165) is 24.6 Å². The molecule has 0 amide bonds. The first-order chi connectivity index (χ1) is 5.90. The van der Waals surface area contributed by atoms with Crippen molar-refractivity contribution in [2.24, 2.45) is 0 Å². The van der Waals surface area contributed by atoms with E-state index in [1.807, 2.05) is 0 Å². The van der Waals surface area contributed by atoms with E-state index in [4.69, 9.17) is 0 Å². The second-order valence-corrected chi connectivity index (χ2v) is 3.14. The molecule has 1 aliphatic rings. The normalized spacial score (nSPS) is 23.2. The van der Waals surface area contributed by atoms with Crippen molar-refractivity contribution in [3.05, 3.63) is 11.6 Å². The molecule has 1 aromatic rings. The molecule has 4 heteroatoms. The molecule has 2 heterocycles. The minimum Gasteiger partial charge on any atom is -0.307 e. The van der Waals surface area contributed by atoms with Gasteiger partial charge in [0, 0.05) is 6.42 Å². The van der Waals surface area contributed by atoms with Gasteiger partial charge in [0.15, 0.2) is 5.82 Å². The van der Waals surface area contributed by atoms with Crippen LogP contribution in [0.4, 0.5) is 0 Å². The van der Waals surface area contributed by atoms with Crippen LogP contribution in [0.25, 0.3) is 0 Å². The molecule has 2 N–H and O–H groups in total. The summed E-state index contributed by atoms with van der Waals surface area (Å²) in [7, 11) is 0. The van der Waals surface area contributed by atoms with E-state index in [1.54, 1.807) is 0 Å². The predicted octanol–water partition coefficient (Wildman–Crippen LogP) is 0.792. The quantitative estimate of drug-likeness (QED) is 0.683. The van der Waals surface area contributed by atoms with Gasteiger partial charge in [0.1, 0.15) is 5.82 Å². The lowest BCUT2D eigenvalue weighted by Gasteiger charge is -2.02. The smallest absolute Gasteiger partial charge is 0.167 e. The summed E-state index contributed by atoms with van der Waals surface area (Å²) in [6, 6.07) is 0.390. The molecule has 4 nitrogen and oxygen atoms in total. The van der Waals surface area contributed by atoms with Gasteiger partial charge in [0.25, 0.3) is 0 Å². The summed E-state index contributed by atoms with van der Waals surface area (Å²) in [5.74, 6) is 1.92. The van der Waals surface area contributed by atoms with E-state index in [2.05, 4.69) is 27.4 Å². The van der Waals surface area contributed by atoms with Gasteiger partial charge >= 0.3 is 0 Å². The summed E-state index contributed by atoms with van der Waals surface area (Å²) in [4.78, 5) is 4.38. The van der Waals surface area contributed by atoms with Crippen LogP contribution in [-0.2, 0) is 6.42 Å². The Balaban J connectivity index is 2.11. The third-order valence-electron chi connectivity index (χ3n) is 2.26. The highest BCUT2D eigenvalue weighted by atomic mass is 15.2. The van der Waals surface area contributed by atoms with Crippen molar-refractivity contribution in [1.29, 1.82) is 0 Å². The zero-order valence-corrected chi connectivity index (χ0v) is 7.30. The van der Waals surface area contributed by atoms with Gasteiger partial charge in [-0.1, -0.05) is 6.92 Å². The summed E-state index contributed by atoms with van der Waals surface area (Å²) in [6.07, 6.45) is 3.33. The van der Waals surface area contributed by atoms with Crippen molar-refractivity contribution in [3.63, 3.8) is 0 Å². The standard InChI is InChI=1S/C8H14N4/c1-2-7-10-8(12-11-7)6-4-3-5-9-6/h6,9H,2-5H2,1H3,(H,10,11,12). The van der Waals surface area contributed by atoms with Gasteiger partial charge < -0.3 is 5.32 Å². The highest BCUT2D eigenvalue weighted by Crippen LogP contribution is 2.19. The lowest BCUT2D eigenvalue weighted by Crippen LogP contribution is -2.14. The van der Waals surface area contributed by atoms with Crippen molar-refractivity contribution in [2.75, 3.05) is 6.54 Å². The van der Waals surface area contributed by atoms with Crippen LogP contribution in [0.2, 0.25) is 0 Å². The van der Waals surface area contributed by atoms with Crippen molar-refractivity contribution in [3.8, 4) is 0 Å². The molecule has 1 unspecified atom stereocenters. The van der Waals surface area contributed by atoms with Gasteiger partial charge in [0.05, 0.1) is 6.04 Å². The number of aromatic amines is 1. The fourth-order valence-corrected chi connectivity index (χ4v) is 1.53. The third kappa shape index (κ3) is 1.34. The first-order valence-electron chi connectivity index (χ1n) is 4.54. The molecule has 66 valence electrons. The Bertz CT molecular complexity index is 249. The first kappa shape index (κ1) is 7.73. The number of nitrogens with zero attached hydrogens (tertiary/aromatic N) is 2. The van der Waals surface area contributed by atoms with Gasteiger partial charge in [-0.05, 0) is 19.4 Å². The molecule has 1 atom stereocenters. The molecule has 0 saturated carbocycles. The van der Waals surface area contributed by atoms with Crippen molar-refractivity contribution >= 4 is 0 Å². The second kappa shape index (κ2) is 3.23. The SMILES string of the molecule is CCc1nc(C2CCCN2)n[nH]1. The molecule has 12 heavy (non-hydrogen) atoms. The Morgan fingerprint density at radius 3 is 3.08 bits per heavy atom. The minimum absolute atomic E-state index is 0.390. The molecular weight excluding hydrogens is 152 g/mol. The van der Waals surface area contributed by atoms with Crippen molar-refractivity contribution < 1.29 is 0 Å². The lowest BCUT2D eigenvalue weighted by molar-refractivity contribution is 0.607. The van der Waals surface area contributed by atoms with E-state index in [0.29, 0.717) is 6.04 Å². The highest BCUT2D eigenvalue weighted by Gasteiger charge is 2.19. The van der Waals surface area contributed by atoms with Crippen LogP contribution in [-0.4, -0.2) is 21.7 Å². The number of nitrogens with one attached hydrogen (secondary N) is 2. The Morgan fingerprint density at radius 2 is 2.50 bits per heavy atom. The van der Waals surface area contributed by atoms with Crippen LogP contribution in [0.3, 0.4) is 0 Å². The van der Waals surface area contributed by atoms with Gasteiger partial charge in [-0.15, -0.1) is 0 Å². The van der Waals surface area contributed by atoms with Crippen LogP contribution >= 0.6 is 0 Å². The van der Waals surface area contributed by atoms with Crippen LogP contribution in [0.15, 0.2) is 0 Å². The number of hydrogen-bond donors (Lipinski definition) is 2. The molecule has 1 fully saturated rings. The van der Waals surface area contributed by atoms with Gasteiger partial charge in [-0.2, -0.15) is 5.10 Å². The molecule has 1 saturated heterocycles. The molecule has 0 aromatic carbocycles. The lowest BCUT2D eigenvalue weighted by atomic mass is 10.2. The summed E-state index contributed by atoms with van der Waals surface area (Å²) in [5.41, 5.74) is 0. The maximum Gasteiger partial charge on any atom is 0.167 e. The number of aryl methyl sites for hydroxylation is 1. The van der Waals surface area contributed by atoms with E-state index < -0.39 is 0 Å². The summed E-state index contributed by atoms with van der Waals surface area (Å²) in [6.45, 7) is 3.17. The molecule has 1 aliphatic heterocycles. The molecule has 0 bridgehead atoms. The monoisotopic (exact) mass is 166 g/mol. The van der Waals surface area contributed by atoms with Crippen LogP contribution in [0, 0.1) is 0 Å². The average molecular weight is 166 g/mol. The van der Waals surface area contributed by atoms with Crippen LogP contribution < -0.4 is 5.32 Å². The zero-order chi connectivity index (χ0) is 8.39. The second-order valence-electron chi connectivity index (χ2n) is 3.14. The fraction of sp³-hybridized carbons (Fsp3) is 0.750. The number of rotatable bonds is 2. The summed E-state index contributed by atoms with van der Waals surface area (Å²) >= 11 is 0. The fourth-order valence-electron chi connectivity index (χ4n) is 1.53. The van der Waals surface area contributed by atoms with E-state index in [9.17, 15) is 0 Å². The number of H-pyrrole nitrogens is 1. The first-order valence-corrected chi connectivity index (χ1v) is 4.54. The molecule has 2 rings (SSSR count). The Labute approximate surface area is 71.8 Å².